The Labute approximate surface area is 251 Å². The number of benzene rings is 3. The van der Waals surface area contributed by atoms with Crippen molar-refractivity contribution in [3.8, 4) is 6.07 Å². The number of rotatable bonds is 7. The minimum absolute atomic E-state index is 0.0260. The van der Waals surface area contributed by atoms with Gasteiger partial charge in [0.2, 0.25) is 5.95 Å². The Hall–Kier alpha value is -5.15. The number of allylic oxidation sites excluding steroid dienone is 1. The topological polar surface area (TPSA) is 96.4 Å². The molecular formula is C32H29F3N6O3. The number of nitriles is 1. The molecule has 1 aromatic heterocycles. The zero-order valence-electron chi connectivity index (χ0n) is 24.5. The van der Waals surface area contributed by atoms with Crippen LogP contribution >= 0.6 is 0 Å². The Kier molecular flexibility index (Phi) is 8.17. The number of hydrogen-bond donors (Lipinski definition) is 0. The Morgan fingerprint density at radius 2 is 1.70 bits per heavy atom. The summed E-state index contributed by atoms with van der Waals surface area (Å²) in [5.41, 5.74) is 1.57. The van der Waals surface area contributed by atoms with E-state index < -0.39 is 29.4 Å². The molecule has 0 bridgehead atoms. The van der Waals surface area contributed by atoms with Crippen LogP contribution in [0.5, 0.6) is 0 Å². The van der Waals surface area contributed by atoms with Crippen LogP contribution in [0.2, 0.25) is 0 Å². The quantitative estimate of drug-likeness (QED) is 0.267. The van der Waals surface area contributed by atoms with Gasteiger partial charge < -0.3 is 9.64 Å². The van der Waals surface area contributed by atoms with Crippen molar-refractivity contribution in [1.29, 1.82) is 5.26 Å². The molecule has 0 radical (unpaired) electrons. The molecule has 1 unspecified atom stereocenters. The van der Waals surface area contributed by atoms with Gasteiger partial charge in [0, 0.05) is 17.9 Å². The van der Waals surface area contributed by atoms with Gasteiger partial charge >= 0.3 is 17.8 Å². The lowest BCUT2D eigenvalue weighted by atomic mass is 9.93. The summed E-state index contributed by atoms with van der Waals surface area (Å²) in [6.45, 7) is 2.38. The summed E-state index contributed by atoms with van der Waals surface area (Å²) in [4.78, 5) is 30.8. The predicted octanol–water partition coefficient (Wildman–Crippen LogP) is 5.23. The number of nitrogens with zero attached hydrogens (tertiary/aromatic N) is 6. The van der Waals surface area contributed by atoms with Crippen molar-refractivity contribution >= 4 is 17.6 Å². The molecule has 9 nitrogen and oxygen atoms in total. The first-order valence-corrected chi connectivity index (χ1v) is 13.6. The second kappa shape index (κ2) is 11.9. The van der Waals surface area contributed by atoms with Gasteiger partial charge in [-0.25, -0.2) is 18.8 Å². The fourth-order valence-corrected chi connectivity index (χ4v) is 5.33. The average Bonchev–Trinajstić information content (AvgIpc) is 3.31. The van der Waals surface area contributed by atoms with Crippen molar-refractivity contribution in [2.45, 2.75) is 32.2 Å². The summed E-state index contributed by atoms with van der Waals surface area (Å²) >= 11 is 0. The Balaban J connectivity index is 1.72. The summed E-state index contributed by atoms with van der Waals surface area (Å²) in [6, 6.07) is 19.6. The summed E-state index contributed by atoms with van der Waals surface area (Å²) in [5.74, 6) is -0.742. The van der Waals surface area contributed by atoms with Gasteiger partial charge in [-0.15, -0.1) is 5.10 Å². The molecule has 12 heteroatoms. The van der Waals surface area contributed by atoms with E-state index in [2.05, 4.69) is 5.10 Å². The Morgan fingerprint density at radius 3 is 2.30 bits per heavy atom. The molecule has 0 aliphatic carbocycles. The van der Waals surface area contributed by atoms with E-state index in [0.717, 1.165) is 29.8 Å². The van der Waals surface area contributed by atoms with Crippen LogP contribution in [0.1, 0.15) is 40.8 Å². The molecule has 0 amide bonds. The second-order valence-electron chi connectivity index (χ2n) is 10.7. The van der Waals surface area contributed by atoms with Crippen LogP contribution < -0.4 is 10.6 Å². The lowest BCUT2D eigenvalue weighted by molar-refractivity contribution is -0.138. The van der Waals surface area contributed by atoms with Crippen LogP contribution in [0.25, 0.3) is 0 Å². The molecule has 5 rings (SSSR count). The molecule has 0 fully saturated rings. The molecule has 0 N–H and O–H groups in total. The lowest BCUT2D eigenvalue weighted by Crippen LogP contribution is -2.38. The van der Waals surface area contributed by atoms with Gasteiger partial charge in [0.05, 0.1) is 36.4 Å². The van der Waals surface area contributed by atoms with Gasteiger partial charge in [0.1, 0.15) is 6.04 Å². The highest BCUT2D eigenvalue weighted by Gasteiger charge is 2.41. The summed E-state index contributed by atoms with van der Waals surface area (Å²) in [6.07, 6.45) is -4.63. The Morgan fingerprint density at radius 1 is 1.05 bits per heavy atom. The number of alkyl halides is 3. The number of ether oxygens (including phenoxy) is 1. The third-order valence-corrected chi connectivity index (χ3v) is 7.36. The maximum absolute atomic E-state index is 14.1. The van der Waals surface area contributed by atoms with Crippen molar-refractivity contribution < 1.29 is 22.7 Å². The van der Waals surface area contributed by atoms with Gasteiger partial charge in [0.25, 0.3) is 0 Å². The lowest BCUT2D eigenvalue weighted by Gasteiger charge is -2.35. The number of halogens is 3. The van der Waals surface area contributed by atoms with Gasteiger partial charge in [-0.2, -0.15) is 18.4 Å². The number of carbonyl (C=O) groups is 1. The molecule has 1 aliphatic rings. The maximum Gasteiger partial charge on any atom is 0.416 e. The first-order chi connectivity index (χ1) is 20.9. The van der Waals surface area contributed by atoms with Crippen molar-refractivity contribution in [3.05, 3.63) is 122 Å². The molecule has 0 saturated carbocycles. The average molecular weight is 603 g/mol. The molecule has 3 aromatic carbocycles. The van der Waals surface area contributed by atoms with Crippen LogP contribution in [-0.4, -0.2) is 46.4 Å². The first-order valence-electron chi connectivity index (χ1n) is 13.6. The number of fused-ring (bicyclic) bond motifs is 1. The van der Waals surface area contributed by atoms with Crippen molar-refractivity contribution in [3.63, 3.8) is 0 Å². The number of aromatic nitrogens is 3. The third kappa shape index (κ3) is 5.74. The molecule has 2 heterocycles. The van der Waals surface area contributed by atoms with Crippen LogP contribution in [0.3, 0.4) is 0 Å². The highest BCUT2D eigenvalue weighted by molar-refractivity contribution is 5.93. The molecule has 44 heavy (non-hydrogen) atoms. The van der Waals surface area contributed by atoms with Crippen LogP contribution in [0, 0.1) is 11.3 Å². The van der Waals surface area contributed by atoms with Crippen LogP contribution in [0.4, 0.5) is 24.8 Å². The third-order valence-electron chi connectivity index (χ3n) is 7.36. The SMILES string of the molecule is COC(=O)C1=C(C)N(c2cccc(C(F)(F)F)c2)c2nn(Cc3ccc(CN(C)C)cc3)c(=O)n2C1c1ccc(C#N)cc1. The number of methoxy groups -OCH3 is 1. The van der Waals surface area contributed by atoms with Gasteiger partial charge in [-0.1, -0.05) is 42.5 Å². The fraction of sp³-hybridized carbons (Fsp3) is 0.250. The minimum atomic E-state index is -4.63. The Bertz CT molecular complexity index is 1830. The predicted molar refractivity (Wildman–Crippen MR) is 157 cm³/mol. The van der Waals surface area contributed by atoms with E-state index in [1.165, 1.54) is 33.4 Å². The molecule has 226 valence electrons. The largest absolute Gasteiger partial charge is 0.466 e. The van der Waals surface area contributed by atoms with E-state index in [0.29, 0.717) is 11.1 Å². The minimum Gasteiger partial charge on any atom is -0.466 e. The first kappa shape index (κ1) is 30.3. The van der Waals surface area contributed by atoms with E-state index in [1.807, 2.05) is 49.3 Å². The standard InChI is InChI=1S/C32H29F3N6O3/c1-20-27(29(42)44-4)28(24-14-12-21(17-36)13-15-24)41-30(40(20)26-7-5-6-25(16-26)32(33,34)35)37-39(31(41)43)19-23-10-8-22(9-11-23)18-38(2)3/h5-16,28H,18-19H2,1-4H3. The van der Waals surface area contributed by atoms with Crippen molar-refractivity contribution in [2.75, 3.05) is 26.1 Å². The molecule has 0 spiro atoms. The van der Waals surface area contributed by atoms with E-state index in [1.54, 1.807) is 31.2 Å². The highest BCUT2D eigenvalue weighted by Crippen LogP contribution is 2.43. The smallest absolute Gasteiger partial charge is 0.416 e. The normalized spacial score (nSPS) is 14.9. The van der Waals surface area contributed by atoms with Gasteiger partial charge in [0.15, 0.2) is 0 Å². The van der Waals surface area contributed by atoms with E-state index >= 15 is 0 Å². The molecular weight excluding hydrogens is 573 g/mol. The summed E-state index contributed by atoms with van der Waals surface area (Å²) < 4.78 is 48.8. The molecule has 1 atom stereocenters. The number of anilines is 2. The van der Waals surface area contributed by atoms with E-state index in [4.69, 9.17) is 4.74 Å². The van der Waals surface area contributed by atoms with Crippen LogP contribution in [0.15, 0.2) is 88.9 Å². The van der Waals surface area contributed by atoms with Crippen molar-refractivity contribution in [1.82, 2.24) is 19.2 Å². The molecule has 1 aliphatic heterocycles. The molecule has 0 saturated heterocycles. The second-order valence-corrected chi connectivity index (χ2v) is 10.7. The highest BCUT2D eigenvalue weighted by atomic mass is 19.4. The summed E-state index contributed by atoms with van der Waals surface area (Å²) in [5, 5.41) is 13.9. The number of esters is 1. The van der Waals surface area contributed by atoms with E-state index in [-0.39, 0.29) is 29.5 Å². The zero-order chi connectivity index (χ0) is 31.8. The van der Waals surface area contributed by atoms with Crippen molar-refractivity contribution in [2.24, 2.45) is 0 Å². The zero-order valence-corrected chi connectivity index (χ0v) is 24.5. The number of carbonyl (C=O) groups excluding carboxylic acids is 1. The van der Waals surface area contributed by atoms with E-state index in [9.17, 15) is 28.0 Å². The number of hydrogen-bond acceptors (Lipinski definition) is 7. The monoisotopic (exact) mass is 602 g/mol. The van der Waals surface area contributed by atoms with Crippen LogP contribution in [-0.2, 0) is 28.8 Å². The maximum atomic E-state index is 14.1. The fourth-order valence-electron chi connectivity index (χ4n) is 5.33. The summed E-state index contributed by atoms with van der Waals surface area (Å²) in [7, 11) is 5.11. The van der Waals surface area contributed by atoms with Gasteiger partial charge in [-0.05, 0) is 68.0 Å². The van der Waals surface area contributed by atoms with Gasteiger partial charge in [-0.3, -0.25) is 4.90 Å². The molecule has 4 aromatic rings.